The van der Waals surface area contributed by atoms with Gasteiger partial charge in [-0.1, -0.05) is 18.2 Å². The van der Waals surface area contributed by atoms with Crippen LogP contribution >= 0.6 is 0 Å². The van der Waals surface area contributed by atoms with E-state index in [2.05, 4.69) is 4.98 Å². The number of anilines is 1. The fraction of sp³-hybridized carbons (Fsp3) is 0.360. The van der Waals surface area contributed by atoms with Gasteiger partial charge in [-0.15, -0.1) is 0 Å². The van der Waals surface area contributed by atoms with Gasteiger partial charge in [0.15, 0.2) is 11.5 Å². The molecular formula is C25H28N4O3. The number of hydrogen-bond donors (Lipinski definition) is 0. The number of amides is 1. The van der Waals surface area contributed by atoms with Crippen LogP contribution in [0.1, 0.15) is 45.3 Å². The van der Waals surface area contributed by atoms with Crippen LogP contribution in [0, 0.1) is 13.8 Å². The average molecular weight is 433 g/mol. The third-order valence-electron chi connectivity index (χ3n) is 5.86. The Bertz CT molecular complexity index is 1160. The molecule has 0 spiro atoms. The monoisotopic (exact) mass is 432 g/mol. The van der Waals surface area contributed by atoms with Crippen molar-refractivity contribution in [3.05, 3.63) is 64.8 Å². The number of ether oxygens (including phenoxy) is 1. The van der Waals surface area contributed by atoms with Crippen LogP contribution in [-0.4, -0.2) is 59.5 Å². The fourth-order valence-electron chi connectivity index (χ4n) is 3.94. The number of aromatic nitrogens is 2. The van der Waals surface area contributed by atoms with Crippen molar-refractivity contribution >= 4 is 28.7 Å². The summed E-state index contributed by atoms with van der Waals surface area (Å²) in [6, 6.07) is 13.3. The first kappa shape index (κ1) is 21.7. The summed E-state index contributed by atoms with van der Waals surface area (Å²) in [5, 5.41) is 0. The zero-order valence-electron chi connectivity index (χ0n) is 18.8. The lowest BCUT2D eigenvalue weighted by molar-refractivity contribution is 0.0520. The first-order valence-corrected chi connectivity index (χ1v) is 11.0. The number of fused-ring (bicyclic) bond motifs is 1. The van der Waals surface area contributed by atoms with Crippen LogP contribution in [0.25, 0.3) is 11.0 Å². The third-order valence-corrected chi connectivity index (χ3v) is 5.86. The summed E-state index contributed by atoms with van der Waals surface area (Å²) in [7, 11) is 0. The van der Waals surface area contributed by atoms with E-state index in [1.165, 1.54) is 5.56 Å². The molecule has 0 aliphatic carbocycles. The summed E-state index contributed by atoms with van der Waals surface area (Å²) in [6.45, 7) is 8.54. The predicted molar refractivity (Wildman–Crippen MR) is 124 cm³/mol. The molecule has 4 rings (SSSR count). The van der Waals surface area contributed by atoms with Gasteiger partial charge in [-0.2, -0.15) is 0 Å². The Balaban J connectivity index is 1.59. The van der Waals surface area contributed by atoms with E-state index in [1.54, 1.807) is 6.92 Å². The Morgan fingerprint density at radius 1 is 0.938 bits per heavy atom. The van der Waals surface area contributed by atoms with Gasteiger partial charge in [0.25, 0.3) is 5.91 Å². The van der Waals surface area contributed by atoms with Crippen LogP contribution in [0.2, 0.25) is 0 Å². The van der Waals surface area contributed by atoms with Crippen molar-refractivity contribution in [3.63, 3.8) is 0 Å². The molecule has 7 heteroatoms. The number of aryl methyl sites for hydroxylation is 2. The zero-order chi connectivity index (χ0) is 22.7. The van der Waals surface area contributed by atoms with Crippen molar-refractivity contribution in [1.82, 2.24) is 14.9 Å². The number of carbonyl (C=O) groups is 2. The second-order valence-electron chi connectivity index (χ2n) is 8.04. The van der Waals surface area contributed by atoms with Gasteiger partial charge >= 0.3 is 5.97 Å². The molecule has 1 saturated heterocycles. The molecule has 1 aliphatic rings. The highest BCUT2D eigenvalue weighted by Gasteiger charge is 2.26. The van der Waals surface area contributed by atoms with E-state index in [1.807, 2.05) is 66.1 Å². The molecule has 2 heterocycles. The Labute approximate surface area is 188 Å². The van der Waals surface area contributed by atoms with E-state index < -0.39 is 5.97 Å². The Morgan fingerprint density at radius 3 is 2.41 bits per heavy atom. The standard InChI is InChI=1S/C25H28N4O3/c1-4-32-25(31)22-23(27-21-9-6-5-8-20(21)26-22)28-12-7-13-29(15-14-28)24(30)19-11-10-17(2)18(3)16-19/h5-6,8-11,16H,4,7,12-15H2,1-3H3. The number of hydrogen-bond acceptors (Lipinski definition) is 6. The minimum Gasteiger partial charge on any atom is -0.461 e. The molecule has 0 N–H and O–H groups in total. The molecule has 0 unspecified atom stereocenters. The maximum Gasteiger partial charge on any atom is 0.360 e. The van der Waals surface area contributed by atoms with Crippen LogP contribution in [0.3, 0.4) is 0 Å². The Hall–Kier alpha value is -3.48. The molecule has 0 bridgehead atoms. The van der Waals surface area contributed by atoms with Gasteiger partial charge in [0.05, 0.1) is 17.6 Å². The van der Waals surface area contributed by atoms with E-state index in [0.29, 0.717) is 43.1 Å². The molecule has 0 saturated carbocycles. The first-order valence-electron chi connectivity index (χ1n) is 11.0. The summed E-state index contributed by atoms with van der Waals surface area (Å²) in [5.41, 5.74) is 4.59. The largest absolute Gasteiger partial charge is 0.461 e. The van der Waals surface area contributed by atoms with Gasteiger partial charge in [0, 0.05) is 31.7 Å². The second kappa shape index (κ2) is 9.34. The highest BCUT2D eigenvalue weighted by atomic mass is 16.5. The number of carbonyl (C=O) groups excluding carboxylic acids is 2. The molecular weight excluding hydrogens is 404 g/mol. The van der Waals surface area contributed by atoms with Gasteiger partial charge in [-0.3, -0.25) is 4.79 Å². The van der Waals surface area contributed by atoms with Crippen LogP contribution in [0.5, 0.6) is 0 Å². The minimum absolute atomic E-state index is 0.0326. The van der Waals surface area contributed by atoms with Crippen molar-refractivity contribution in [3.8, 4) is 0 Å². The molecule has 32 heavy (non-hydrogen) atoms. The lowest BCUT2D eigenvalue weighted by Gasteiger charge is -2.24. The van der Waals surface area contributed by atoms with Crippen LogP contribution in [-0.2, 0) is 4.74 Å². The highest BCUT2D eigenvalue weighted by molar-refractivity contribution is 5.96. The smallest absolute Gasteiger partial charge is 0.360 e. The molecule has 3 aromatic rings. The fourth-order valence-corrected chi connectivity index (χ4v) is 3.94. The van der Waals surface area contributed by atoms with Gasteiger partial charge < -0.3 is 14.5 Å². The molecule has 7 nitrogen and oxygen atoms in total. The highest BCUT2D eigenvalue weighted by Crippen LogP contribution is 2.23. The number of para-hydroxylation sites is 2. The molecule has 0 atom stereocenters. The maximum atomic E-state index is 13.1. The average Bonchev–Trinajstić information content (AvgIpc) is 3.06. The third kappa shape index (κ3) is 4.42. The molecule has 2 aromatic carbocycles. The van der Waals surface area contributed by atoms with Crippen molar-refractivity contribution in [2.45, 2.75) is 27.2 Å². The van der Waals surface area contributed by atoms with Crippen molar-refractivity contribution in [1.29, 1.82) is 0 Å². The zero-order valence-corrected chi connectivity index (χ0v) is 18.8. The Kier molecular flexibility index (Phi) is 6.35. The minimum atomic E-state index is -0.479. The molecule has 1 aliphatic heterocycles. The van der Waals surface area contributed by atoms with Crippen molar-refractivity contribution in [2.75, 3.05) is 37.7 Å². The molecule has 0 radical (unpaired) electrons. The SMILES string of the molecule is CCOC(=O)c1nc2ccccc2nc1N1CCCN(C(=O)c2ccc(C)c(C)c2)CC1. The van der Waals surface area contributed by atoms with Crippen molar-refractivity contribution < 1.29 is 14.3 Å². The van der Waals surface area contributed by atoms with Gasteiger partial charge in [-0.05, 0) is 62.6 Å². The summed E-state index contributed by atoms with van der Waals surface area (Å²) >= 11 is 0. The molecule has 1 aromatic heterocycles. The summed E-state index contributed by atoms with van der Waals surface area (Å²) in [5.74, 6) is 0.0702. The second-order valence-corrected chi connectivity index (χ2v) is 8.04. The van der Waals surface area contributed by atoms with E-state index in [-0.39, 0.29) is 18.2 Å². The lowest BCUT2D eigenvalue weighted by atomic mass is 10.1. The topological polar surface area (TPSA) is 75.6 Å². The van der Waals surface area contributed by atoms with Crippen LogP contribution < -0.4 is 4.90 Å². The van der Waals surface area contributed by atoms with Gasteiger partial charge in [-0.25, -0.2) is 14.8 Å². The quantitative estimate of drug-likeness (QED) is 0.584. The summed E-state index contributed by atoms with van der Waals surface area (Å²) in [6.07, 6.45) is 0.771. The number of nitrogens with zero attached hydrogens (tertiary/aromatic N) is 4. The van der Waals surface area contributed by atoms with E-state index in [0.717, 1.165) is 17.5 Å². The first-order chi connectivity index (χ1) is 15.5. The van der Waals surface area contributed by atoms with E-state index >= 15 is 0 Å². The van der Waals surface area contributed by atoms with Crippen LogP contribution in [0.4, 0.5) is 5.82 Å². The van der Waals surface area contributed by atoms with Crippen molar-refractivity contribution in [2.24, 2.45) is 0 Å². The summed E-state index contributed by atoms with van der Waals surface area (Å²) < 4.78 is 5.24. The maximum absolute atomic E-state index is 13.1. The lowest BCUT2D eigenvalue weighted by Crippen LogP contribution is -2.36. The number of benzene rings is 2. The number of rotatable bonds is 4. The molecule has 166 valence electrons. The van der Waals surface area contributed by atoms with Gasteiger partial charge in [0.1, 0.15) is 0 Å². The van der Waals surface area contributed by atoms with Gasteiger partial charge in [0.2, 0.25) is 0 Å². The van der Waals surface area contributed by atoms with E-state index in [4.69, 9.17) is 9.72 Å². The van der Waals surface area contributed by atoms with E-state index in [9.17, 15) is 9.59 Å². The molecule has 1 amide bonds. The molecule has 1 fully saturated rings. The summed E-state index contributed by atoms with van der Waals surface area (Å²) in [4.78, 5) is 39.0. The normalized spacial score (nSPS) is 14.3. The predicted octanol–water partition coefficient (Wildman–Crippen LogP) is 3.78. The Morgan fingerprint density at radius 2 is 1.69 bits per heavy atom. The number of esters is 1. The van der Waals surface area contributed by atoms with Crippen LogP contribution in [0.15, 0.2) is 42.5 Å².